The normalized spacial score (nSPS) is 18.7. The van der Waals surface area contributed by atoms with Crippen LogP contribution in [0.5, 0.6) is 5.75 Å². The first kappa shape index (κ1) is 17.6. The van der Waals surface area contributed by atoms with Gasteiger partial charge in [0.15, 0.2) is 0 Å². The van der Waals surface area contributed by atoms with E-state index in [0.29, 0.717) is 6.04 Å². The van der Waals surface area contributed by atoms with E-state index in [-0.39, 0.29) is 12.4 Å². The molecule has 1 aliphatic rings. The van der Waals surface area contributed by atoms with Crippen molar-refractivity contribution in [2.45, 2.75) is 12.6 Å². The molecular formula is C16H20Cl2N2OS. The molecule has 0 radical (unpaired) electrons. The van der Waals surface area contributed by atoms with E-state index < -0.39 is 0 Å². The lowest BCUT2D eigenvalue weighted by molar-refractivity contribution is 0.152. The van der Waals surface area contributed by atoms with Crippen molar-refractivity contribution in [2.75, 3.05) is 26.7 Å². The lowest BCUT2D eigenvalue weighted by atomic mass is 10.0. The summed E-state index contributed by atoms with van der Waals surface area (Å²) in [4.78, 5) is 3.80. The Labute approximate surface area is 146 Å². The molecule has 3 rings (SSSR count). The predicted octanol–water partition coefficient (Wildman–Crippen LogP) is 3.98. The molecular weight excluding hydrogens is 339 g/mol. The van der Waals surface area contributed by atoms with Gasteiger partial charge in [0.1, 0.15) is 5.75 Å². The first-order chi connectivity index (χ1) is 10.3. The number of piperazine rings is 1. The molecule has 1 unspecified atom stereocenters. The van der Waals surface area contributed by atoms with Crippen molar-refractivity contribution >= 4 is 35.3 Å². The van der Waals surface area contributed by atoms with Crippen LogP contribution in [0.2, 0.25) is 4.34 Å². The number of hydrogen-bond acceptors (Lipinski definition) is 4. The molecule has 1 aromatic heterocycles. The average Bonchev–Trinajstić information content (AvgIpc) is 2.93. The average molecular weight is 359 g/mol. The molecule has 1 aliphatic heterocycles. The van der Waals surface area contributed by atoms with E-state index in [4.69, 9.17) is 16.3 Å². The number of nitrogens with zero attached hydrogens (tertiary/aromatic N) is 1. The van der Waals surface area contributed by atoms with Crippen molar-refractivity contribution in [3.05, 3.63) is 51.2 Å². The molecule has 6 heteroatoms. The van der Waals surface area contributed by atoms with Crippen molar-refractivity contribution in [1.29, 1.82) is 0 Å². The highest BCUT2D eigenvalue weighted by Crippen LogP contribution is 2.32. The van der Waals surface area contributed by atoms with Gasteiger partial charge in [-0.05, 0) is 18.2 Å². The Morgan fingerprint density at radius 1 is 1.32 bits per heavy atom. The highest BCUT2D eigenvalue weighted by Gasteiger charge is 2.26. The predicted molar refractivity (Wildman–Crippen MR) is 95.6 cm³/mol. The van der Waals surface area contributed by atoms with Gasteiger partial charge in [-0.3, -0.25) is 4.90 Å². The number of methoxy groups -OCH3 is 1. The van der Waals surface area contributed by atoms with E-state index in [2.05, 4.69) is 28.4 Å². The number of halogens is 2. The lowest BCUT2D eigenvalue weighted by Crippen LogP contribution is -2.45. The molecule has 0 aliphatic carbocycles. The summed E-state index contributed by atoms with van der Waals surface area (Å²) in [5.74, 6) is 0.959. The molecule has 22 heavy (non-hydrogen) atoms. The molecule has 3 nitrogen and oxygen atoms in total. The molecule has 120 valence electrons. The van der Waals surface area contributed by atoms with Gasteiger partial charge in [-0.25, -0.2) is 0 Å². The maximum Gasteiger partial charge on any atom is 0.123 e. The second-order valence-electron chi connectivity index (χ2n) is 5.14. The molecule has 0 amide bonds. The summed E-state index contributed by atoms with van der Waals surface area (Å²) in [7, 11) is 1.73. The summed E-state index contributed by atoms with van der Waals surface area (Å²) in [5, 5.41) is 3.49. The van der Waals surface area contributed by atoms with Gasteiger partial charge in [0.25, 0.3) is 0 Å². The molecule has 1 aromatic carbocycles. The maximum atomic E-state index is 6.05. The zero-order valence-electron chi connectivity index (χ0n) is 12.4. The van der Waals surface area contributed by atoms with Crippen molar-refractivity contribution < 1.29 is 4.74 Å². The molecule has 0 bridgehead atoms. The first-order valence-corrected chi connectivity index (χ1v) is 8.29. The summed E-state index contributed by atoms with van der Waals surface area (Å²) in [6, 6.07) is 12.7. The van der Waals surface area contributed by atoms with Gasteiger partial charge in [0.05, 0.1) is 17.5 Å². The van der Waals surface area contributed by atoms with Gasteiger partial charge in [0, 0.05) is 36.6 Å². The van der Waals surface area contributed by atoms with Gasteiger partial charge in [0.2, 0.25) is 0 Å². The van der Waals surface area contributed by atoms with Crippen LogP contribution in [0.3, 0.4) is 0 Å². The molecule has 2 heterocycles. The van der Waals surface area contributed by atoms with Gasteiger partial charge in [-0.15, -0.1) is 23.7 Å². The topological polar surface area (TPSA) is 24.5 Å². The molecule has 1 saturated heterocycles. The van der Waals surface area contributed by atoms with Crippen LogP contribution >= 0.6 is 35.3 Å². The van der Waals surface area contributed by atoms with Crippen molar-refractivity contribution in [1.82, 2.24) is 10.2 Å². The minimum absolute atomic E-state index is 0. The van der Waals surface area contributed by atoms with Crippen LogP contribution in [-0.2, 0) is 6.54 Å². The number of nitrogens with one attached hydrogen (secondary N) is 1. The Balaban J connectivity index is 0.00000176. The number of ether oxygens (including phenoxy) is 1. The fourth-order valence-corrected chi connectivity index (χ4v) is 3.93. The van der Waals surface area contributed by atoms with Gasteiger partial charge < -0.3 is 10.1 Å². The maximum absolute atomic E-state index is 6.05. The quantitative estimate of drug-likeness (QED) is 0.894. The number of thiophene rings is 1. The summed E-state index contributed by atoms with van der Waals surface area (Å²) in [5.41, 5.74) is 1.25. The highest BCUT2D eigenvalue weighted by molar-refractivity contribution is 7.16. The number of rotatable bonds is 4. The van der Waals surface area contributed by atoms with Crippen LogP contribution in [0, 0.1) is 0 Å². The van der Waals surface area contributed by atoms with E-state index in [1.165, 1.54) is 10.4 Å². The Morgan fingerprint density at radius 3 is 2.86 bits per heavy atom. The Kier molecular flexibility index (Phi) is 6.53. The van der Waals surface area contributed by atoms with Crippen LogP contribution in [-0.4, -0.2) is 31.6 Å². The first-order valence-electron chi connectivity index (χ1n) is 7.10. The highest BCUT2D eigenvalue weighted by atomic mass is 35.5. The Hall–Kier alpha value is -0.780. The van der Waals surface area contributed by atoms with Crippen molar-refractivity contribution in [3.8, 4) is 5.75 Å². The van der Waals surface area contributed by atoms with Crippen molar-refractivity contribution in [3.63, 3.8) is 0 Å². The summed E-state index contributed by atoms with van der Waals surface area (Å²) >= 11 is 7.71. The molecule has 0 spiro atoms. The Bertz CT molecular complexity index is 605. The smallest absolute Gasteiger partial charge is 0.123 e. The zero-order valence-corrected chi connectivity index (χ0v) is 14.8. The second-order valence-corrected chi connectivity index (χ2v) is 6.94. The van der Waals surface area contributed by atoms with Gasteiger partial charge in [-0.2, -0.15) is 0 Å². The summed E-state index contributed by atoms with van der Waals surface area (Å²) in [6.45, 7) is 3.92. The number of para-hydroxylation sites is 1. The van der Waals surface area contributed by atoms with Gasteiger partial charge in [-0.1, -0.05) is 29.8 Å². The van der Waals surface area contributed by atoms with E-state index in [9.17, 15) is 0 Å². The SMILES string of the molecule is COc1ccccc1C1CNCCN1Cc1ccc(Cl)s1.Cl. The van der Waals surface area contributed by atoms with E-state index in [1.807, 2.05) is 18.2 Å². The van der Waals surface area contributed by atoms with E-state index >= 15 is 0 Å². The molecule has 1 atom stereocenters. The summed E-state index contributed by atoms with van der Waals surface area (Å²) < 4.78 is 6.38. The minimum Gasteiger partial charge on any atom is -0.496 e. The minimum atomic E-state index is 0. The number of hydrogen-bond donors (Lipinski definition) is 1. The fraction of sp³-hybridized carbons (Fsp3) is 0.375. The third-order valence-corrected chi connectivity index (χ3v) is 5.06. The fourth-order valence-electron chi connectivity index (χ4n) is 2.82. The zero-order chi connectivity index (χ0) is 14.7. The second kappa shape index (κ2) is 8.18. The van der Waals surface area contributed by atoms with Crippen LogP contribution < -0.4 is 10.1 Å². The molecule has 1 fully saturated rings. The monoisotopic (exact) mass is 358 g/mol. The standard InChI is InChI=1S/C16H19ClN2OS.ClH/c1-20-15-5-3-2-4-13(15)14-10-18-8-9-19(14)11-12-6-7-16(17)21-12;/h2-7,14,18H,8-11H2,1H3;1H. The largest absolute Gasteiger partial charge is 0.496 e. The third kappa shape index (κ3) is 3.94. The number of benzene rings is 1. The van der Waals surface area contributed by atoms with E-state index in [0.717, 1.165) is 36.3 Å². The molecule has 1 N–H and O–H groups in total. The van der Waals surface area contributed by atoms with Crippen LogP contribution in [0.1, 0.15) is 16.5 Å². The lowest BCUT2D eigenvalue weighted by Gasteiger charge is -2.36. The van der Waals surface area contributed by atoms with Crippen LogP contribution in [0.25, 0.3) is 0 Å². The summed E-state index contributed by atoms with van der Waals surface area (Å²) in [6.07, 6.45) is 0. The molecule has 2 aromatic rings. The van der Waals surface area contributed by atoms with Crippen LogP contribution in [0.4, 0.5) is 0 Å². The van der Waals surface area contributed by atoms with Gasteiger partial charge >= 0.3 is 0 Å². The third-order valence-electron chi connectivity index (χ3n) is 3.84. The van der Waals surface area contributed by atoms with Crippen LogP contribution in [0.15, 0.2) is 36.4 Å². The van der Waals surface area contributed by atoms with Crippen molar-refractivity contribution in [2.24, 2.45) is 0 Å². The Morgan fingerprint density at radius 2 is 2.14 bits per heavy atom. The van der Waals surface area contributed by atoms with E-state index in [1.54, 1.807) is 18.4 Å². The molecule has 0 saturated carbocycles.